The lowest BCUT2D eigenvalue weighted by atomic mass is 10.2. The Morgan fingerprint density at radius 2 is 1.93 bits per heavy atom. The van der Waals surface area contributed by atoms with Gasteiger partial charge in [-0.2, -0.15) is 13.2 Å². The van der Waals surface area contributed by atoms with Gasteiger partial charge in [-0.05, 0) is 24.6 Å². The Balaban J connectivity index is 2.65. The number of hydrogen-bond donors (Lipinski definition) is 1. The van der Waals surface area contributed by atoms with Crippen molar-refractivity contribution in [2.45, 2.75) is 13.1 Å². The first-order valence-electron chi connectivity index (χ1n) is 3.95. The van der Waals surface area contributed by atoms with E-state index in [1.807, 2.05) is 0 Å². The number of rotatable bonds is 2. The Kier molecular flexibility index (Phi) is 2.98. The summed E-state index contributed by atoms with van der Waals surface area (Å²) in [5, 5.41) is 2.09. The summed E-state index contributed by atoms with van der Waals surface area (Å²) in [6.45, 7) is 0.387. The van der Waals surface area contributed by atoms with Crippen LogP contribution in [0.25, 0.3) is 0 Å². The Morgan fingerprint density at radius 3 is 2.43 bits per heavy atom. The summed E-state index contributed by atoms with van der Waals surface area (Å²) in [6, 6.07) is 3.87. The minimum absolute atomic E-state index is 0.130. The third-order valence-electron chi connectivity index (χ3n) is 1.66. The Bertz CT molecular complexity index is 319. The van der Waals surface area contributed by atoms with E-state index in [-0.39, 0.29) is 5.69 Å². The van der Waals surface area contributed by atoms with Crippen LogP contribution in [0.4, 0.5) is 23.2 Å². The van der Waals surface area contributed by atoms with E-state index in [2.05, 4.69) is 5.32 Å². The summed E-state index contributed by atoms with van der Waals surface area (Å²) >= 11 is 0. The van der Waals surface area contributed by atoms with E-state index < -0.39 is 18.5 Å². The molecule has 0 radical (unpaired) electrons. The van der Waals surface area contributed by atoms with Crippen molar-refractivity contribution in [1.82, 2.24) is 0 Å². The molecule has 0 unspecified atom stereocenters. The molecular weight excluding hydrogens is 198 g/mol. The van der Waals surface area contributed by atoms with Gasteiger partial charge < -0.3 is 5.32 Å². The lowest BCUT2D eigenvalue weighted by Crippen LogP contribution is -2.21. The molecule has 0 amide bonds. The van der Waals surface area contributed by atoms with E-state index in [1.165, 1.54) is 12.1 Å². The third-order valence-corrected chi connectivity index (χ3v) is 1.66. The van der Waals surface area contributed by atoms with Crippen LogP contribution < -0.4 is 5.32 Å². The zero-order chi connectivity index (χ0) is 10.8. The first-order chi connectivity index (χ1) is 6.38. The average Bonchev–Trinajstić information content (AvgIpc) is 2.06. The van der Waals surface area contributed by atoms with Gasteiger partial charge >= 0.3 is 6.18 Å². The van der Waals surface area contributed by atoms with Crippen LogP contribution >= 0.6 is 0 Å². The highest BCUT2D eigenvalue weighted by Gasteiger charge is 2.26. The molecule has 0 saturated carbocycles. The maximum atomic E-state index is 12.9. The first kappa shape index (κ1) is 10.8. The molecule has 78 valence electrons. The van der Waals surface area contributed by atoms with Crippen molar-refractivity contribution in [3.8, 4) is 0 Å². The van der Waals surface area contributed by atoms with Gasteiger partial charge in [-0.25, -0.2) is 4.39 Å². The fourth-order valence-electron chi connectivity index (χ4n) is 0.905. The third kappa shape index (κ3) is 3.24. The molecule has 1 aromatic carbocycles. The number of nitrogens with one attached hydrogen (secondary N) is 1. The van der Waals surface area contributed by atoms with Crippen molar-refractivity contribution in [2.75, 3.05) is 11.9 Å². The Morgan fingerprint density at radius 1 is 1.29 bits per heavy atom. The lowest BCUT2D eigenvalue weighted by Gasteiger charge is -2.09. The fraction of sp³-hybridized carbons (Fsp3) is 0.333. The minimum Gasteiger partial charge on any atom is -0.376 e. The van der Waals surface area contributed by atoms with Crippen molar-refractivity contribution in [3.05, 3.63) is 29.6 Å². The van der Waals surface area contributed by atoms with Gasteiger partial charge in [-0.1, -0.05) is 6.07 Å². The predicted molar refractivity (Wildman–Crippen MR) is 45.7 cm³/mol. The van der Waals surface area contributed by atoms with E-state index in [4.69, 9.17) is 0 Å². The number of halogens is 4. The van der Waals surface area contributed by atoms with Gasteiger partial charge in [-0.15, -0.1) is 0 Å². The van der Waals surface area contributed by atoms with Gasteiger partial charge in [0.15, 0.2) is 0 Å². The van der Waals surface area contributed by atoms with Crippen LogP contribution in [-0.4, -0.2) is 12.7 Å². The number of anilines is 1. The lowest BCUT2D eigenvalue weighted by molar-refractivity contribution is -0.115. The second kappa shape index (κ2) is 3.86. The molecule has 0 bridgehead atoms. The van der Waals surface area contributed by atoms with E-state index >= 15 is 0 Å². The molecule has 1 aromatic rings. The van der Waals surface area contributed by atoms with Gasteiger partial charge in [-0.3, -0.25) is 0 Å². The normalized spacial score (nSPS) is 11.5. The largest absolute Gasteiger partial charge is 0.405 e. The van der Waals surface area contributed by atoms with Crippen LogP contribution in [0.15, 0.2) is 18.2 Å². The Hall–Kier alpha value is -1.26. The molecule has 0 saturated heterocycles. The summed E-state index contributed by atoms with van der Waals surface area (Å²) < 4.78 is 48.2. The van der Waals surface area contributed by atoms with E-state index in [0.717, 1.165) is 6.07 Å². The highest BCUT2D eigenvalue weighted by atomic mass is 19.4. The number of aryl methyl sites for hydroxylation is 1. The molecule has 0 fully saturated rings. The van der Waals surface area contributed by atoms with Crippen LogP contribution in [0.2, 0.25) is 0 Å². The molecule has 1 N–H and O–H groups in total. The van der Waals surface area contributed by atoms with Gasteiger partial charge in [0.2, 0.25) is 0 Å². The molecule has 14 heavy (non-hydrogen) atoms. The molecule has 0 aromatic heterocycles. The smallest absolute Gasteiger partial charge is 0.376 e. The van der Waals surface area contributed by atoms with Crippen molar-refractivity contribution < 1.29 is 17.6 Å². The van der Waals surface area contributed by atoms with Crippen molar-refractivity contribution >= 4 is 5.69 Å². The van der Waals surface area contributed by atoms with Crippen LogP contribution in [0.5, 0.6) is 0 Å². The van der Waals surface area contributed by atoms with Crippen molar-refractivity contribution in [1.29, 1.82) is 0 Å². The second-order valence-electron chi connectivity index (χ2n) is 2.93. The quantitative estimate of drug-likeness (QED) is 0.734. The summed E-state index contributed by atoms with van der Waals surface area (Å²) in [5.41, 5.74) is 0.535. The number of benzene rings is 1. The van der Waals surface area contributed by atoms with Crippen LogP contribution in [0, 0.1) is 12.7 Å². The zero-order valence-corrected chi connectivity index (χ0v) is 7.45. The Labute approximate surface area is 78.7 Å². The maximum absolute atomic E-state index is 12.9. The zero-order valence-electron chi connectivity index (χ0n) is 7.45. The van der Waals surface area contributed by atoms with Crippen LogP contribution in [0.1, 0.15) is 5.56 Å². The number of alkyl halides is 3. The monoisotopic (exact) mass is 207 g/mol. The van der Waals surface area contributed by atoms with E-state index in [9.17, 15) is 17.6 Å². The topological polar surface area (TPSA) is 12.0 Å². The summed E-state index contributed by atoms with van der Waals surface area (Å²) in [4.78, 5) is 0. The number of hydrogen-bond acceptors (Lipinski definition) is 1. The molecular formula is C9H9F4N. The van der Waals surface area contributed by atoms with Crippen LogP contribution in [-0.2, 0) is 0 Å². The van der Waals surface area contributed by atoms with Crippen molar-refractivity contribution in [3.63, 3.8) is 0 Å². The van der Waals surface area contributed by atoms with Gasteiger partial charge in [0.25, 0.3) is 0 Å². The maximum Gasteiger partial charge on any atom is 0.405 e. The fourth-order valence-corrected chi connectivity index (χ4v) is 0.905. The van der Waals surface area contributed by atoms with Crippen molar-refractivity contribution in [2.24, 2.45) is 0 Å². The highest BCUT2D eigenvalue weighted by Crippen LogP contribution is 2.18. The van der Waals surface area contributed by atoms with Gasteiger partial charge in [0.05, 0.1) is 0 Å². The first-order valence-corrected chi connectivity index (χ1v) is 3.95. The average molecular weight is 207 g/mol. The molecule has 0 aliphatic carbocycles. The molecule has 0 heterocycles. The summed E-state index contributed by atoms with van der Waals surface area (Å²) in [7, 11) is 0. The molecule has 1 nitrogen and oxygen atoms in total. The standard InChI is InChI=1S/C9H9F4N/c1-6-2-3-7(4-8(6)10)14-5-9(11,12)13/h2-4,14H,5H2,1H3. The summed E-state index contributed by atoms with van der Waals surface area (Å²) in [5.74, 6) is -0.517. The molecule has 1 rings (SSSR count). The van der Waals surface area contributed by atoms with Gasteiger partial charge in [0.1, 0.15) is 12.4 Å². The van der Waals surface area contributed by atoms with Gasteiger partial charge in [0, 0.05) is 5.69 Å². The van der Waals surface area contributed by atoms with E-state index in [1.54, 1.807) is 6.92 Å². The molecule has 5 heteroatoms. The molecule has 0 spiro atoms. The molecule has 0 atom stereocenters. The molecule has 0 aliphatic rings. The second-order valence-corrected chi connectivity index (χ2v) is 2.93. The minimum atomic E-state index is -4.29. The summed E-state index contributed by atoms with van der Waals surface area (Å²) in [6.07, 6.45) is -4.29. The van der Waals surface area contributed by atoms with E-state index in [0.29, 0.717) is 5.56 Å². The SMILES string of the molecule is Cc1ccc(NCC(F)(F)F)cc1F. The highest BCUT2D eigenvalue weighted by molar-refractivity contribution is 5.45. The molecule has 0 aliphatic heterocycles. The van der Waals surface area contributed by atoms with Crippen LogP contribution in [0.3, 0.4) is 0 Å². The predicted octanol–water partition coefficient (Wildman–Crippen LogP) is 3.11.